The molecule has 3 rings (SSSR count). The molecule has 1 N–H and O–H groups in total. The van der Waals surface area contributed by atoms with Crippen LogP contribution in [-0.4, -0.2) is 15.0 Å². The summed E-state index contributed by atoms with van der Waals surface area (Å²) in [6, 6.07) is 16.3. The van der Waals surface area contributed by atoms with Crippen molar-refractivity contribution in [3.8, 4) is 11.3 Å². The summed E-state index contributed by atoms with van der Waals surface area (Å²) in [5, 5.41) is 3.33. The Kier molecular flexibility index (Phi) is 4.56. The minimum Gasteiger partial charge on any atom is -0.350 e. The van der Waals surface area contributed by atoms with E-state index in [1.165, 1.54) is 0 Å². The van der Waals surface area contributed by atoms with Crippen LogP contribution in [0.3, 0.4) is 0 Å². The summed E-state index contributed by atoms with van der Waals surface area (Å²) in [4.78, 5) is 13.4. The quantitative estimate of drug-likeness (QED) is 0.772. The molecule has 0 unspecified atom stereocenters. The molecule has 3 aromatic rings. The summed E-state index contributed by atoms with van der Waals surface area (Å²) in [6.45, 7) is 7.16. The van der Waals surface area contributed by atoms with E-state index in [0.29, 0.717) is 12.5 Å². The lowest BCUT2D eigenvalue weighted by Crippen LogP contribution is -2.16. The number of nitrogens with zero attached hydrogens (tertiary/aromatic N) is 3. The number of benzene rings is 1. The number of hydrogen-bond donors (Lipinski definition) is 1. The monoisotopic (exact) mass is 318 g/mol. The van der Waals surface area contributed by atoms with Gasteiger partial charge in [-0.15, -0.1) is 0 Å². The predicted molar refractivity (Wildman–Crippen MR) is 97.7 cm³/mol. The Balaban J connectivity index is 1.93. The van der Waals surface area contributed by atoms with Gasteiger partial charge >= 0.3 is 0 Å². The summed E-state index contributed by atoms with van der Waals surface area (Å²) < 4.78 is 0. The Labute approximate surface area is 143 Å². The molecule has 0 aliphatic heterocycles. The summed E-state index contributed by atoms with van der Waals surface area (Å²) >= 11 is 0. The fourth-order valence-electron chi connectivity index (χ4n) is 2.35. The van der Waals surface area contributed by atoms with Crippen LogP contribution in [0.4, 0.5) is 5.95 Å². The van der Waals surface area contributed by atoms with Crippen molar-refractivity contribution in [3.63, 3.8) is 0 Å². The summed E-state index contributed by atoms with van der Waals surface area (Å²) in [7, 11) is 0. The second-order valence-corrected chi connectivity index (χ2v) is 6.79. The molecule has 2 aromatic heterocycles. The minimum absolute atomic E-state index is 0.0421. The fraction of sp³-hybridized carbons (Fsp3) is 0.250. The van der Waals surface area contributed by atoms with E-state index in [1.807, 2.05) is 30.3 Å². The highest BCUT2D eigenvalue weighted by atomic mass is 15.1. The second-order valence-electron chi connectivity index (χ2n) is 6.79. The Hall–Kier alpha value is -2.75. The maximum atomic E-state index is 4.71. The lowest BCUT2D eigenvalue weighted by molar-refractivity contribution is 0.568. The minimum atomic E-state index is -0.0421. The van der Waals surface area contributed by atoms with Gasteiger partial charge in [0.1, 0.15) is 0 Å². The van der Waals surface area contributed by atoms with Gasteiger partial charge in [-0.2, -0.15) is 0 Å². The SMILES string of the molecule is CC(C)(C)c1cc(-c2ccccc2)nc(NCc2ccncc2)n1. The first kappa shape index (κ1) is 16.1. The highest BCUT2D eigenvalue weighted by Crippen LogP contribution is 2.26. The Bertz CT molecular complexity index is 793. The first-order valence-electron chi connectivity index (χ1n) is 8.10. The van der Waals surface area contributed by atoms with Gasteiger partial charge in [0.15, 0.2) is 0 Å². The molecule has 0 fully saturated rings. The molecule has 0 saturated carbocycles. The van der Waals surface area contributed by atoms with E-state index < -0.39 is 0 Å². The van der Waals surface area contributed by atoms with E-state index in [4.69, 9.17) is 9.97 Å². The number of anilines is 1. The molecule has 24 heavy (non-hydrogen) atoms. The zero-order chi connectivity index (χ0) is 17.0. The zero-order valence-corrected chi connectivity index (χ0v) is 14.3. The van der Waals surface area contributed by atoms with Gasteiger partial charge in [-0.3, -0.25) is 4.98 Å². The molecule has 122 valence electrons. The van der Waals surface area contributed by atoms with Crippen LogP contribution in [-0.2, 0) is 12.0 Å². The smallest absolute Gasteiger partial charge is 0.223 e. The molecule has 0 spiro atoms. The van der Waals surface area contributed by atoms with Crippen LogP contribution in [0, 0.1) is 0 Å². The first-order valence-corrected chi connectivity index (χ1v) is 8.10. The molecule has 0 radical (unpaired) electrons. The van der Waals surface area contributed by atoms with Crippen molar-refractivity contribution in [2.45, 2.75) is 32.7 Å². The van der Waals surface area contributed by atoms with E-state index >= 15 is 0 Å². The van der Waals surface area contributed by atoms with Crippen LogP contribution in [0.25, 0.3) is 11.3 Å². The lowest BCUT2D eigenvalue weighted by Gasteiger charge is -2.20. The molecule has 0 saturated heterocycles. The summed E-state index contributed by atoms with van der Waals surface area (Å²) in [5.41, 5.74) is 4.16. The molecule has 0 amide bonds. The normalized spacial score (nSPS) is 11.3. The van der Waals surface area contributed by atoms with Gasteiger partial charge in [0.05, 0.1) is 11.4 Å². The maximum Gasteiger partial charge on any atom is 0.223 e. The number of aromatic nitrogens is 3. The summed E-state index contributed by atoms with van der Waals surface area (Å²) in [6.07, 6.45) is 3.58. The van der Waals surface area contributed by atoms with E-state index in [-0.39, 0.29) is 5.41 Å². The molecule has 0 aliphatic rings. The van der Waals surface area contributed by atoms with E-state index in [9.17, 15) is 0 Å². The standard InChI is InChI=1S/C20H22N4/c1-20(2,3)18-13-17(16-7-5-4-6-8-16)23-19(24-18)22-14-15-9-11-21-12-10-15/h4-13H,14H2,1-3H3,(H,22,23,24). The van der Waals surface area contributed by atoms with Gasteiger partial charge in [0.25, 0.3) is 0 Å². The zero-order valence-electron chi connectivity index (χ0n) is 14.3. The molecule has 2 heterocycles. The first-order chi connectivity index (χ1) is 11.5. The van der Waals surface area contributed by atoms with Gasteiger partial charge in [-0.1, -0.05) is 51.1 Å². The highest BCUT2D eigenvalue weighted by Gasteiger charge is 2.18. The van der Waals surface area contributed by atoms with Crippen LogP contribution in [0.1, 0.15) is 32.0 Å². The van der Waals surface area contributed by atoms with E-state index in [0.717, 1.165) is 22.5 Å². The molecule has 0 aliphatic carbocycles. The molecule has 0 atom stereocenters. The van der Waals surface area contributed by atoms with Crippen LogP contribution >= 0.6 is 0 Å². The van der Waals surface area contributed by atoms with Crippen molar-refractivity contribution < 1.29 is 0 Å². The van der Waals surface area contributed by atoms with Crippen LogP contribution in [0.5, 0.6) is 0 Å². The van der Waals surface area contributed by atoms with Crippen LogP contribution in [0.2, 0.25) is 0 Å². The van der Waals surface area contributed by atoms with Crippen LogP contribution < -0.4 is 5.32 Å². The van der Waals surface area contributed by atoms with Crippen LogP contribution in [0.15, 0.2) is 60.9 Å². The Morgan fingerprint density at radius 2 is 1.62 bits per heavy atom. The average molecular weight is 318 g/mol. The topological polar surface area (TPSA) is 50.7 Å². The van der Waals surface area contributed by atoms with Gasteiger partial charge in [0.2, 0.25) is 5.95 Å². The van der Waals surface area contributed by atoms with Crippen molar-refractivity contribution in [1.29, 1.82) is 0 Å². The van der Waals surface area contributed by atoms with E-state index in [1.54, 1.807) is 12.4 Å². The second kappa shape index (κ2) is 6.79. The maximum absolute atomic E-state index is 4.71. The lowest BCUT2D eigenvalue weighted by atomic mass is 9.91. The molecule has 0 bridgehead atoms. The Morgan fingerprint density at radius 1 is 0.917 bits per heavy atom. The highest BCUT2D eigenvalue weighted by molar-refractivity contribution is 5.61. The molecular weight excluding hydrogens is 296 g/mol. The van der Waals surface area contributed by atoms with Crippen molar-refractivity contribution in [2.24, 2.45) is 0 Å². The van der Waals surface area contributed by atoms with Crippen molar-refractivity contribution in [1.82, 2.24) is 15.0 Å². The van der Waals surface area contributed by atoms with Gasteiger partial charge < -0.3 is 5.32 Å². The molecule has 4 nitrogen and oxygen atoms in total. The third-order valence-corrected chi connectivity index (χ3v) is 3.76. The largest absolute Gasteiger partial charge is 0.350 e. The number of rotatable bonds is 4. The van der Waals surface area contributed by atoms with Gasteiger partial charge in [-0.25, -0.2) is 9.97 Å². The van der Waals surface area contributed by atoms with Crippen molar-refractivity contribution in [2.75, 3.05) is 5.32 Å². The van der Waals surface area contributed by atoms with E-state index in [2.05, 4.69) is 49.3 Å². The molecule has 1 aromatic carbocycles. The van der Waals surface area contributed by atoms with Gasteiger partial charge in [0, 0.05) is 29.9 Å². The third-order valence-electron chi connectivity index (χ3n) is 3.76. The molecule has 4 heteroatoms. The number of pyridine rings is 1. The fourth-order valence-corrected chi connectivity index (χ4v) is 2.35. The summed E-state index contributed by atoms with van der Waals surface area (Å²) in [5.74, 6) is 0.651. The predicted octanol–water partition coefficient (Wildman–Crippen LogP) is 4.45. The van der Waals surface area contributed by atoms with Gasteiger partial charge in [-0.05, 0) is 23.8 Å². The third kappa shape index (κ3) is 3.96. The van der Waals surface area contributed by atoms with Crippen molar-refractivity contribution >= 4 is 5.95 Å². The average Bonchev–Trinajstić information content (AvgIpc) is 2.61. The number of hydrogen-bond acceptors (Lipinski definition) is 4. The number of nitrogens with one attached hydrogen (secondary N) is 1. The Morgan fingerprint density at radius 3 is 2.29 bits per heavy atom. The van der Waals surface area contributed by atoms with Crippen molar-refractivity contribution in [3.05, 3.63) is 72.2 Å². The molecular formula is C20H22N4.